The molecule has 0 aromatic heterocycles. The lowest BCUT2D eigenvalue weighted by atomic mass is 9.68. The fraction of sp³-hybridized carbons (Fsp3) is 0.875. The smallest absolute Gasteiger partial charge is 0.320 e. The number of hydrogen-bond acceptors (Lipinski definition) is 6. The first-order valence-corrected chi connectivity index (χ1v) is 11.8. The number of nitrogens with one attached hydrogen (secondary N) is 1. The minimum atomic E-state index is -0.297. The Morgan fingerprint density at radius 1 is 1.20 bits per heavy atom. The zero-order valence-corrected chi connectivity index (χ0v) is 19.1. The van der Waals surface area contributed by atoms with Crippen molar-refractivity contribution in [3.05, 3.63) is 11.6 Å². The molecule has 0 radical (unpaired) electrons. The molecular formula is C24H39NO5. The van der Waals surface area contributed by atoms with Crippen LogP contribution in [0.2, 0.25) is 0 Å². The fourth-order valence-electron chi connectivity index (χ4n) is 5.82. The Morgan fingerprint density at radius 2 is 1.93 bits per heavy atom. The number of ether oxygens (including phenoxy) is 4. The lowest BCUT2D eigenvalue weighted by molar-refractivity contribution is -0.171. The van der Waals surface area contributed by atoms with Crippen LogP contribution in [0.3, 0.4) is 0 Å². The highest BCUT2D eigenvalue weighted by atomic mass is 16.6. The van der Waals surface area contributed by atoms with Gasteiger partial charge in [0.25, 0.3) is 0 Å². The summed E-state index contributed by atoms with van der Waals surface area (Å²) in [6, 6.07) is 0.446. The molecule has 2 aliphatic carbocycles. The van der Waals surface area contributed by atoms with Gasteiger partial charge < -0.3 is 24.3 Å². The van der Waals surface area contributed by atoms with Crippen LogP contribution in [0, 0.1) is 5.92 Å². The Balaban J connectivity index is 1.38. The molecule has 2 aliphatic heterocycles. The van der Waals surface area contributed by atoms with Crippen molar-refractivity contribution in [2.45, 2.75) is 108 Å². The lowest BCUT2D eigenvalue weighted by Crippen LogP contribution is -2.56. The summed E-state index contributed by atoms with van der Waals surface area (Å²) in [6.07, 6.45) is 10.6. The van der Waals surface area contributed by atoms with Crippen LogP contribution in [0.4, 0.5) is 0 Å². The second kappa shape index (κ2) is 8.89. The summed E-state index contributed by atoms with van der Waals surface area (Å²) in [6.45, 7) is 7.42. The highest BCUT2D eigenvalue weighted by Crippen LogP contribution is 2.59. The van der Waals surface area contributed by atoms with E-state index in [1.807, 2.05) is 0 Å². The van der Waals surface area contributed by atoms with Gasteiger partial charge in [-0.05, 0) is 52.9 Å². The second-order valence-electron chi connectivity index (χ2n) is 10.1. The lowest BCUT2D eigenvalue weighted by Gasteiger charge is -2.42. The third kappa shape index (κ3) is 4.62. The predicted octanol–water partition coefficient (Wildman–Crippen LogP) is 3.53. The van der Waals surface area contributed by atoms with Gasteiger partial charge in [-0.2, -0.15) is 0 Å². The Labute approximate surface area is 181 Å². The van der Waals surface area contributed by atoms with Crippen LogP contribution in [0.25, 0.3) is 0 Å². The highest BCUT2D eigenvalue weighted by Gasteiger charge is 2.72. The SMILES string of the molecule is CO[C@@H]1[C@H](OC(=O)CNC2CCCCC2)CC[C@]2(CO2)[C@H]1[C@]1(C)O[C@@H]1CC=C(C)C. The third-order valence-corrected chi connectivity index (χ3v) is 7.66. The number of epoxide rings is 2. The van der Waals surface area contributed by atoms with E-state index in [0.717, 1.165) is 38.7 Å². The summed E-state index contributed by atoms with van der Waals surface area (Å²) in [7, 11) is 1.72. The molecule has 6 atom stereocenters. The zero-order valence-electron chi connectivity index (χ0n) is 19.1. The minimum Gasteiger partial charge on any atom is -0.459 e. The number of rotatable bonds is 8. The van der Waals surface area contributed by atoms with Crippen LogP contribution in [-0.2, 0) is 23.7 Å². The molecule has 30 heavy (non-hydrogen) atoms. The van der Waals surface area contributed by atoms with Gasteiger partial charge in [0, 0.05) is 13.2 Å². The molecule has 170 valence electrons. The molecule has 6 nitrogen and oxygen atoms in total. The van der Waals surface area contributed by atoms with E-state index < -0.39 is 0 Å². The van der Waals surface area contributed by atoms with E-state index in [1.165, 1.54) is 24.8 Å². The maximum atomic E-state index is 12.6. The van der Waals surface area contributed by atoms with Crippen LogP contribution < -0.4 is 5.32 Å². The van der Waals surface area contributed by atoms with E-state index in [-0.39, 0.29) is 47.9 Å². The molecule has 2 saturated carbocycles. The van der Waals surface area contributed by atoms with Crippen LogP contribution in [-0.4, -0.2) is 61.8 Å². The van der Waals surface area contributed by atoms with E-state index in [2.05, 4.69) is 32.2 Å². The van der Waals surface area contributed by atoms with Crippen molar-refractivity contribution in [1.29, 1.82) is 0 Å². The average molecular weight is 422 g/mol. The molecule has 2 heterocycles. The molecule has 0 amide bonds. The maximum Gasteiger partial charge on any atom is 0.320 e. The van der Waals surface area contributed by atoms with E-state index >= 15 is 0 Å². The predicted molar refractivity (Wildman–Crippen MR) is 114 cm³/mol. The number of carbonyl (C=O) groups is 1. The maximum absolute atomic E-state index is 12.6. The number of carbonyl (C=O) groups excluding carboxylic acids is 1. The highest BCUT2D eigenvalue weighted by molar-refractivity contribution is 5.72. The number of esters is 1. The van der Waals surface area contributed by atoms with Gasteiger partial charge in [0.15, 0.2) is 0 Å². The van der Waals surface area contributed by atoms with Crippen molar-refractivity contribution < 1.29 is 23.7 Å². The molecule has 4 aliphatic rings. The molecule has 0 aromatic carbocycles. The Kier molecular flexibility index (Phi) is 6.59. The van der Waals surface area contributed by atoms with Crippen molar-refractivity contribution in [3.8, 4) is 0 Å². The number of allylic oxidation sites excluding steroid dienone is 1. The fourth-order valence-corrected chi connectivity index (χ4v) is 5.82. The van der Waals surface area contributed by atoms with E-state index in [1.54, 1.807) is 7.11 Å². The first-order valence-electron chi connectivity index (χ1n) is 11.8. The summed E-state index contributed by atoms with van der Waals surface area (Å²) < 4.78 is 24.1. The summed E-state index contributed by atoms with van der Waals surface area (Å²) in [5, 5.41) is 3.39. The molecule has 6 heteroatoms. The third-order valence-electron chi connectivity index (χ3n) is 7.66. The average Bonchev–Trinajstić information content (AvgIpc) is 3.64. The van der Waals surface area contributed by atoms with Gasteiger partial charge in [-0.25, -0.2) is 0 Å². The quantitative estimate of drug-likeness (QED) is 0.367. The Bertz CT molecular complexity index is 650. The standard InChI is InChI=1S/C24H39NO5/c1-16(2)10-11-19-23(3,30-19)22-21(27-4)18(12-13-24(22)15-28-24)29-20(26)14-25-17-8-6-5-7-9-17/h10,17-19,21-22,25H,5-9,11-15H2,1-4H3/t18-,19-,21-,22-,23-,24+/m1/s1. The minimum absolute atomic E-state index is 0.0726. The van der Waals surface area contributed by atoms with E-state index in [4.69, 9.17) is 18.9 Å². The molecule has 4 fully saturated rings. The van der Waals surface area contributed by atoms with Crippen LogP contribution in [0.1, 0.15) is 72.1 Å². The number of hydrogen-bond donors (Lipinski definition) is 1. The number of methoxy groups -OCH3 is 1. The van der Waals surface area contributed by atoms with Crippen molar-refractivity contribution in [3.63, 3.8) is 0 Å². The molecule has 0 unspecified atom stereocenters. The van der Waals surface area contributed by atoms with E-state index in [0.29, 0.717) is 6.04 Å². The summed E-state index contributed by atoms with van der Waals surface area (Å²) in [5.74, 6) is -0.106. The van der Waals surface area contributed by atoms with Crippen LogP contribution in [0.15, 0.2) is 11.6 Å². The second-order valence-corrected chi connectivity index (χ2v) is 10.1. The van der Waals surface area contributed by atoms with Gasteiger partial charge in [0.05, 0.1) is 25.2 Å². The van der Waals surface area contributed by atoms with Crippen molar-refractivity contribution in [2.24, 2.45) is 5.92 Å². The van der Waals surface area contributed by atoms with Crippen LogP contribution in [0.5, 0.6) is 0 Å². The largest absolute Gasteiger partial charge is 0.459 e. The summed E-state index contributed by atoms with van der Waals surface area (Å²) in [4.78, 5) is 12.6. The molecule has 1 spiro atoms. The van der Waals surface area contributed by atoms with Gasteiger partial charge in [-0.1, -0.05) is 30.9 Å². The first-order chi connectivity index (χ1) is 14.4. The van der Waals surface area contributed by atoms with Crippen molar-refractivity contribution in [1.82, 2.24) is 5.32 Å². The first kappa shape index (κ1) is 22.3. The Morgan fingerprint density at radius 3 is 2.57 bits per heavy atom. The van der Waals surface area contributed by atoms with Gasteiger partial charge in [0.2, 0.25) is 0 Å². The summed E-state index contributed by atoms with van der Waals surface area (Å²) in [5.41, 5.74) is 0.821. The normalized spacial score (nSPS) is 40.8. The van der Waals surface area contributed by atoms with Gasteiger partial charge >= 0.3 is 5.97 Å². The van der Waals surface area contributed by atoms with Gasteiger partial charge in [0.1, 0.15) is 23.4 Å². The molecule has 4 rings (SSSR count). The Hall–Kier alpha value is -0.950. The summed E-state index contributed by atoms with van der Waals surface area (Å²) >= 11 is 0. The van der Waals surface area contributed by atoms with Crippen LogP contribution >= 0.6 is 0 Å². The van der Waals surface area contributed by atoms with Crippen molar-refractivity contribution in [2.75, 3.05) is 20.3 Å². The molecule has 0 aromatic rings. The molecule has 1 N–H and O–H groups in total. The topological polar surface area (TPSA) is 72.6 Å². The molecule has 0 bridgehead atoms. The van der Waals surface area contributed by atoms with E-state index in [9.17, 15) is 4.79 Å². The van der Waals surface area contributed by atoms with Gasteiger partial charge in [-0.15, -0.1) is 0 Å². The zero-order chi connectivity index (χ0) is 21.4. The monoisotopic (exact) mass is 421 g/mol. The molecular weight excluding hydrogens is 382 g/mol. The van der Waals surface area contributed by atoms with Crippen molar-refractivity contribution >= 4 is 5.97 Å². The molecule has 2 saturated heterocycles. The van der Waals surface area contributed by atoms with Gasteiger partial charge in [-0.3, -0.25) is 4.79 Å².